The van der Waals surface area contributed by atoms with Crippen molar-refractivity contribution in [1.82, 2.24) is 10.4 Å². The third-order valence-corrected chi connectivity index (χ3v) is 4.14. The van der Waals surface area contributed by atoms with Gasteiger partial charge in [-0.15, -0.1) is 0 Å². The van der Waals surface area contributed by atoms with Gasteiger partial charge in [0, 0.05) is 18.4 Å². The summed E-state index contributed by atoms with van der Waals surface area (Å²) in [6.45, 7) is 2.48. The molecule has 3 rings (SSSR count). The van der Waals surface area contributed by atoms with Crippen LogP contribution in [0.2, 0.25) is 0 Å². The minimum Gasteiger partial charge on any atom is -0.493 e. The van der Waals surface area contributed by atoms with E-state index in [0.717, 1.165) is 11.4 Å². The number of alkyl halides is 3. The van der Waals surface area contributed by atoms with Crippen molar-refractivity contribution in [3.05, 3.63) is 42.0 Å². The van der Waals surface area contributed by atoms with Crippen molar-refractivity contribution in [1.29, 1.82) is 0 Å². The zero-order chi connectivity index (χ0) is 18.0. The smallest absolute Gasteiger partial charge is 0.409 e. The first kappa shape index (κ1) is 17.5. The predicted molar refractivity (Wildman–Crippen MR) is 88.0 cm³/mol. The Morgan fingerprint density at radius 2 is 1.92 bits per heavy atom. The van der Waals surface area contributed by atoms with E-state index in [1.807, 2.05) is 6.92 Å². The van der Waals surface area contributed by atoms with Crippen LogP contribution in [0.3, 0.4) is 0 Å². The summed E-state index contributed by atoms with van der Waals surface area (Å²) in [6.07, 6.45) is -3.66. The fourth-order valence-electron chi connectivity index (χ4n) is 3.08. The molecule has 1 aliphatic heterocycles. The molecule has 0 aromatic heterocycles. The number of halogens is 3. The summed E-state index contributed by atoms with van der Waals surface area (Å²) in [4.78, 5) is 11.4. The Kier molecular flexibility index (Phi) is 4.85. The third kappa shape index (κ3) is 3.56. The Labute approximate surface area is 143 Å². The van der Waals surface area contributed by atoms with Crippen LogP contribution in [0, 0.1) is 0 Å². The number of benzene rings is 2. The van der Waals surface area contributed by atoms with Gasteiger partial charge in [0.1, 0.15) is 5.75 Å². The molecule has 2 aromatic carbocycles. The summed E-state index contributed by atoms with van der Waals surface area (Å²) >= 11 is 0. The lowest BCUT2D eigenvalue weighted by Gasteiger charge is -2.30. The molecular formula is C18H19F3N2O2. The Morgan fingerprint density at radius 1 is 1.20 bits per heavy atom. The molecule has 0 aliphatic carbocycles. The van der Waals surface area contributed by atoms with Gasteiger partial charge in [-0.2, -0.15) is 13.2 Å². The second-order valence-corrected chi connectivity index (χ2v) is 5.97. The quantitative estimate of drug-likeness (QED) is 0.885. The van der Waals surface area contributed by atoms with Crippen LogP contribution in [0.1, 0.15) is 31.4 Å². The lowest BCUT2D eigenvalue weighted by molar-refractivity contribution is -0.190. The number of carbonyl (C=O) groups is 1. The van der Waals surface area contributed by atoms with Gasteiger partial charge in [0.15, 0.2) is 6.04 Å². The highest BCUT2D eigenvalue weighted by atomic mass is 19.4. The molecule has 134 valence electrons. The Bertz CT molecular complexity index is 776. The maximum Gasteiger partial charge on any atom is 0.409 e. The first-order valence-electron chi connectivity index (χ1n) is 8.19. The van der Waals surface area contributed by atoms with E-state index in [2.05, 4.69) is 5.43 Å². The van der Waals surface area contributed by atoms with E-state index >= 15 is 0 Å². The molecule has 7 heteroatoms. The Hall–Kier alpha value is -2.28. The summed E-state index contributed by atoms with van der Waals surface area (Å²) in [7, 11) is 0. The van der Waals surface area contributed by atoms with E-state index in [9.17, 15) is 18.0 Å². The zero-order valence-corrected chi connectivity index (χ0v) is 13.8. The summed E-state index contributed by atoms with van der Waals surface area (Å²) in [5, 5.41) is 2.07. The normalized spacial score (nSPS) is 16.9. The molecule has 1 N–H and O–H groups in total. The second kappa shape index (κ2) is 6.92. The lowest BCUT2D eigenvalue weighted by Crippen LogP contribution is -2.43. The minimum atomic E-state index is -4.52. The zero-order valence-electron chi connectivity index (χ0n) is 13.8. The van der Waals surface area contributed by atoms with Crippen molar-refractivity contribution in [3.8, 4) is 5.75 Å². The van der Waals surface area contributed by atoms with E-state index in [1.54, 1.807) is 30.3 Å². The fraction of sp³-hybridized carbons (Fsp3) is 0.389. The van der Waals surface area contributed by atoms with Gasteiger partial charge in [-0.25, -0.2) is 5.01 Å². The van der Waals surface area contributed by atoms with Gasteiger partial charge < -0.3 is 4.74 Å². The number of hydrogen-bond acceptors (Lipinski definition) is 3. The van der Waals surface area contributed by atoms with Crippen LogP contribution in [0.25, 0.3) is 10.8 Å². The van der Waals surface area contributed by atoms with Gasteiger partial charge in [0.2, 0.25) is 5.91 Å². The highest BCUT2D eigenvalue weighted by Crippen LogP contribution is 2.42. The number of fused-ring (bicyclic) bond motifs is 1. The molecule has 1 unspecified atom stereocenters. The van der Waals surface area contributed by atoms with Crippen molar-refractivity contribution in [2.24, 2.45) is 0 Å². The Balaban J connectivity index is 2.10. The molecule has 1 amide bonds. The van der Waals surface area contributed by atoms with Crippen LogP contribution in [-0.2, 0) is 4.79 Å². The van der Waals surface area contributed by atoms with E-state index < -0.39 is 18.1 Å². The average Bonchev–Trinajstić information content (AvgIpc) is 2.98. The van der Waals surface area contributed by atoms with Crippen molar-refractivity contribution in [2.45, 2.75) is 32.0 Å². The largest absolute Gasteiger partial charge is 0.493 e. The fourth-order valence-corrected chi connectivity index (χ4v) is 3.08. The number of hydrazine groups is 1. The molecule has 0 radical (unpaired) electrons. The molecule has 0 saturated carbocycles. The maximum atomic E-state index is 13.8. The summed E-state index contributed by atoms with van der Waals surface area (Å²) < 4.78 is 47.0. The van der Waals surface area contributed by atoms with Gasteiger partial charge in [-0.3, -0.25) is 10.2 Å². The van der Waals surface area contributed by atoms with Crippen LogP contribution in [0.15, 0.2) is 36.4 Å². The van der Waals surface area contributed by atoms with Crippen LogP contribution < -0.4 is 10.2 Å². The van der Waals surface area contributed by atoms with Crippen LogP contribution >= 0.6 is 0 Å². The number of carbonyl (C=O) groups excluding carboxylic acids is 1. The molecule has 25 heavy (non-hydrogen) atoms. The van der Waals surface area contributed by atoms with Gasteiger partial charge in [-0.1, -0.05) is 37.3 Å². The van der Waals surface area contributed by atoms with Gasteiger partial charge in [0.25, 0.3) is 0 Å². The monoisotopic (exact) mass is 352 g/mol. The van der Waals surface area contributed by atoms with Crippen molar-refractivity contribution >= 4 is 16.7 Å². The highest BCUT2D eigenvalue weighted by molar-refractivity contribution is 5.91. The number of rotatable bonds is 5. The molecule has 1 atom stereocenters. The van der Waals surface area contributed by atoms with E-state index in [1.165, 1.54) is 6.07 Å². The van der Waals surface area contributed by atoms with Gasteiger partial charge in [0.05, 0.1) is 6.61 Å². The second-order valence-electron chi connectivity index (χ2n) is 5.97. The summed E-state index contributed by atoms with van der Waals surface area (Å²) in [5.74, 6) is 0.161. The average molecular weight is 352 g/mol. The van der Waals surface area contributed by atoms with E-state index in [-0.39, 0.29) is 18.5 Å². The molecule has 1 fully saturated rings. The SMILES string of the molecule is CCCOc1ccc(C(N2CCC(=O)N2)C(F)(F)F)c2ccccc12. The molecule has 1 heterocycles. The standard InChI is InChI=1S/C18H19F3N2O2/c1-2-11-25-15-8-7-14(12-5-3-4-6-13(12)15)17(18(19,20)21)23-10-9-16(24)22-23/h3-8,17H,2,9-11H2,1H3,(H,22,24). The summed E-state index contributed by atoms with van der Waals surface area (Å²) in [5.41, 5.74) is 2.42. The minimum absolute atomic E-state index is 0.0193. The van der Waals surface area contributed by atoms with Crippen LogP contribution in [0.5, 0.6) is 5.75 Å². The number of hydrogen-bond donors (Lipinski definition) is 1. The van der Waals surface area contributed by atoms with Crippen molar-refractivity contribution in [3.63, 3.8) is 0 Å². The first-order valence-corrected chi connectivity index (χ1v) is 8.19. The molecule has 0 spiro atoms. The predicted octanol–water partition coefficient (Wildman–Crippen LogP) is 3.97. The van der Waals surface area contributed by atoms with Crippen LogP contribution in [0.4, 0.5) is 13.2 Å². The molecule has 1 saturated heterocycles. The lowest BCUT2D eigenvalue weighted by atomic mass is 9.97. The van der Waals surface area contributed by atoms with Gasteiger partial charge >= 0.3 is 6.18 Å². The van der Waals surface area contributed by atoms with E-state index in [4.69, 9.17) is 4.74 Å². The number of amides is 1. The van der Waals surface area contributed by atoms with Crippen molar-refractivity contribution < 1.29 is 22.7 Å². The first-order chi connectivity index (χ1) is 11.9. The Morgan fingerprint density at radius 3 is 2.52 bits per heavy atom. The molecular weight excluding hydrogens is 333 g/mol. The molecule has 4 nitrogen and oxygen atoms in total. The third-order valence-electron chi connectivity index (χ3n) is 4.14. The van der Waals surface area contributed by atoms with Crippen LogP contribution in [-0.4, -0.2) is 30.2 Å². The highest BCUT2D eigenvalue weighted by Gasteiger charge is 2.47. The molecule has 2 aromatic rings. The van der Waals surface area contributed by atoms with E-state index in [0.29, 0.717) is 23.1 Å². The number of nitrogens with one attached hydrogen (secondary N) is 1. The van der Waals surface area contributed by atoms with Gasteiger partial charge in [-0.05, 0) is 23.4 Å². The molecule has 1 aliphatic rings. The number of ether oxygens (including phenoxy) is 1. The topological polar surface area (TPSA) is 41.6 Å². The van der Waals surface area contributed by atoms with Crippen molar-refractivity contribution in [2.75, 3.05) is 13.2 Å². The molecule has 0 bridgehead atoms. The maximum absolute atomic E-state index is 13.8. The summed E-state index contributed by atoms with van der Waals surface area (Å²) in [6, 6.07) is 7.99. The number of nitrogens with zero attached hydrogens (tertiary/aromatic N) is 1.